The highest BCUT2D eigenvalue weighted by atomic mass is 16.6. The van der Waals surface area contributed by atoms with Gasteiger partial charge in [0.15, 0.2) is 0 Å². The number of nitrogens with zero attached hydrogens (tertiary/aromatic N) is 3. The number of rotatable bonds is 3. The van der Waals surface area contributed by atoms with Gasteiger partial charge in [-0.25, -0.2) is 9.78 Å². The number of hydrogen-bond donors (Lipinski definition) is 1. The highest BCUT2D eigenvalue weighted by molar-refractivity contribution is 5.94. The summed E-state index contributed by atoms with van der Waals surface area (Å²) >= 11 is 0. The summed E-state index contributed by atoms with van der Waals surface area (Å²) in [6.07, 6.45) is 1.22. The number of carbonyl (C=O) groups is 1. The molecule has 0 aliphatic carbocycles. The molecule has 7 heteroatoms. The van der Waals surface area contributed by atoms with Crippen molar-refractivity contribution in [3.8, 4) is 11.8 Å². The lowest BCUT2D eigenvalue weighted by Crippen LogP contribution is -2.32. The number of fused-ring (bicyclic) bond motifs is 2. The molecule has 7 nitrogen and oxygen atoms in total. The third-order valence-corrected chi connectivity index (χ3v) is 4.39. The van der Waals surface area contributed by atoms with E-state index >= 15 is 0 Å². The third-order valence-electron chi connectivity index (χ3n) is 4.39. The molecule has 4 rings (SSSR count). The first-order valence-electron chi connectivity index (χ1n) is 7.87. The summed E-state index contributed by atoms with van der Waals surface area (Å²) in [5.74, 6) is 1.37. The number of aromatic nitrogens is 1. The van der Waals surface area contributed by atoms with Crippen molar-refractivity contribution >= 4 is 22.7 Å². The Balaban J connectivity index is 1.75. The molecule has 2 aromatic rings. The zero-order valence-electron chi connectivity index (χ0n) is 13.2. The second kappa shape index (κ2) is 5.57. The van der Waals surface area contributed by atoms with E-state index in [-0.39, 0.29) is 18.2 Å². The van der Waals surface area contributed by atoms with Gasteiger partial charge in [0.25, 0.3) is 0 Å². The molecule has 24 heavy (non-hydrogen) atoms. The molecule has 122 valence electrons. The van der Waals surface area contributed by atoms with Crippen LogP contribution in [0.25, 0.3) is 10.8 Å². The van der Waals surface area contributed by atoms with Crippen LogP contribution in [0.4, 0.5) is 10.6 Å². The van der Waals surface area contributed by atoms with Gasteiger partial charge in [-0.2, -0.15) is 5.26 Å². The van der Waals surface area contributed by atoms with Gasteiger partial charge in [0, 0.05) is 18.1 Å². The van der Waals surface area contributed by atoms with Crippen LogP contribution >= 0.6 is 0 Å². The lowest BCUT2D eigenvalue weighted by molar-refractivity contribution is 0.144. The summed E-state index contributed by atoms with van der Waals surface area (Å²) in [6.45, 7) is 3.62. The van der Waals surface area contributed by atoms with E-state index in [0.29, 0.717) is 31.0 Å². The molecule has 0 bridgehead atoms. The summed E-state index contributed by atoms with van der Waals surface area (Å²) in [7, 11) is 0. The molecule has 2 saturated heterocycles. The molecular weight excluding hydrogens is 308 g/mol. The molecule has 0 radical (unpaired) electrons. The standard InChI is InChI=1S/C17H16N4O3/c1-2-23-14-6-12-10(5-11(14)7-18)3-4-19-16(12)21-8-13-15(9-21)24-17(22)20-13/h3-6,13,15H,2,8-9H2,1H3,(H,20,22)/t13-,15+/m1/s1. The Morgan fingerprint density at radius 2 is 2.38 bits per heavy atom. The van der Waals surface area contributed by atoms with Crippen LogP contribution in [0.15, 0.2) is 24.4 Å². The van der Waals surface area contributed by atoms with E-state index in [0.717, 1.165) is 16.6 Å². The third kappa shape index (κ3) is 2.27. The van der Waals surface area contributed by atoms with Gasteiger partial charge in [-0.15, -0.1) is 0 Å². The first kappa shape index (κ1) is 14.6. The minimum atomic E-state index is -0.354. The van der Waals surface area contributed by atoms with Gasteiger partial charge >= 0.3 is 6.09 Å². The Morgan fingerprint density at radius 3 is 3.12 bits per heavy atom. The molecule has 1 aromatic heterocycles. The van der Waals surface area contributed by atoms with Crippen LogP contribution in [0, 0.1) is 11.3 Å². The van der Waals surface area contributed by atoms with Crippen LogP contribution in [-0.2, 0) is 4.74 Å². The second-order valence-corrected chi connectivity index (χ2v) is 5.85. The summed E-state index contributed by atoms with van der Waals surface area (Å²) in [5.41, 5.74) is 0.510. The molecule has 1 aromatic carbocycles. The van der Waals surface area contributed by atoms with Crippen LogP contribution in [0.5, 0.6) is 5.75 Å². The maximum absolute atomic E-state index is 11.3. The van der Waals surface area contributed by atoms with E-state index in [1.54, 1.807) is 6.20 Å². The number of hydrogen-bond acceptors (Lipinski definition) is 6. The maximum atomic E-state index is 11.3. The number of carbonyl (C=O) groups excluding carboxylic acids is 1. The van der Waals surface area contributed by atoms with Crippen molar-refractivity contribution in [1.29, 1.82) is 5.26 Å². The van der Waals surface area contributed by atoms with Crippen LogP contribution in [-0.4, -0.2) is 42.9 Å². The lowest BCUT2D eigenvalue weighted by Gasteiger charge is -2.20. The van der Waals surface area contributed by atoms with Gasteiger partial charge in [-0.3, -0.25) is 0 Å². The predicted molar refractivity (Wildman–Crippen MR) is 87.0 cm³/mol. The zero-order valence-corrected chi connectivity index (χ0v) is 13.2. The van der Waals surface area contributed by atoms with E-state index < -0.39 is 0 Å². The van der Waals surface area contributed by atoms with Crippen LogP contribution < -0.4 is 15.0 Å². The number of benzene rings is 1. The van der Waals surface area contributed by atoms with Gasteiger partial charge < -0.3 is 19.7 Å². The number of alkyl carbamates (subject to hydrolysis) is 1. The molecule has 2 fully saturated rings. The molecule has 0 saturated carbocycles. The Hall–Kier alpha value is -3.01. The molecule has 0 spiro atoms. The molecule has 2 aliphatic rings. The monoisotopic (exact) mass is 324 g/mol. The highest BCUT2D eigenvalue weighted by Crippen LogP contribution is 2.33. The van der Waals surface area contributed by atoms with Gasteiger partial charge in [0.05, 0.1) is 24.8 Å². The molecule has 1 amide bonds. The topological polar surface area (TPSA) is 87.5 Å². The number of nitrogens with one attached hydrogen (secondary N) is 1. The van der Waals surface area contributed by atoms with E-state index in [1.807, 2.05) is 25.1 Å². The SMILES string of the molecule is CCOc1cc2c(N3C[C@@H]4OC(=O)N[C@@H]4C3)nccc2cc1C#N. The Labute approximate surface area is 138 Å². The van der Waals surface area contributed by atoms with Gasteiger partial charge in [0.2, 0.25) is 0 Å². The Bertz CT molecular complexity index is 845. The van der Waals surface area contributed by atoms with Crippen LogP contribution in [0.2, 0.25) is 0 Å². The van der Waals surface area contributed by atoms with Crippen LogP contribution in [0.3, 0.4) is 0 Å². The fraction of sp³-hybridized carbons (Fsp3) is 0.353. The zero-order chi connectivity index (χ0) is 16.7. The summed E-state index contributed by atoms with van der Waals surface area (Å²) in [6, 6.07) is 7.73. The number of nitriles is 1. The van der Waals surface area contributed by atoms with Gasteiger partial charge in [-0.1, -0.05) is 0 Å². The van der Waals surface area contributed by atoms with Crippen molar-refractivity contribution in [2.75, 3.05) is 24.6 Å². The van der Waals surface area contributed by atoms with Crippen molar-refractivity contribution in [2.45, 2.75) is 19.1 Å². The number of amides is 1. The Morgan fingerprint density at radius 1 is 1.50 bits per heavy atom. The van der Waals surface area contributed by atoms with E-state index in [9.17, 15) is 10.1 Å². The first-order valence-corrected chi connectivity index (χ1v) is 7.87. The average Bonchev–Trinajstić information content (AvgIpc) is 3.11. The van der Waals surface area contributed by atoms with Gasteiger partial charge in [0.1, 0.15) is 23.7 Å². The van der Waals surface area contributed by atoms with Crippen molar-refractivity contribution < 1.29 is 14.3 Å². The first-order chi connectivity index (χ1) is 11.7. The lowest BCUT2D eigenvalue weighted by atomic mass is 10.1. The molecule has 2 atom stereocenters. The highest BCUT2D eigenvalue weighted by Gasteiger charge is 2.42. The largest absolute Gasteiger partial charge is 0.492 e. The summed E-state index contributed by atoms with van der Waals surface area (Å²) in [5, 5.41) is 14.0. The van der Waals surface area contributed by atoms with E-state index in [4.69, 9.17) is 9.47 Å². The van der Waals surface area contributed by atoms with E-state index in [1.165, 1.54) is 0 Å². The number of pyridine rings is 1. The Kier molecular flexibility index (Phi) is 3.38. The molecule has 3 heterocycles. The van der Waals surface area contributed by atoms with Crippen molar-refractivity contribution in [3.05, 3.63) is 30.0 Å². The minimum Gasteiger partial charge on any atom is -0.492 e. The number of anilines is 1. The second-order valence-electron chi connectivity index (χ2n) is 5.85. The minimum absolute atomic E-state index is 0.0145. The average molecular weight is 324 g/mol. The predicted octanol–water partition coefficient (Wildman–Crippen LogP) is 1.80. The normalized spacial score (nSPS) is 22.0. The van der Waals surface area contributed by atoms with Crippen molar-refractivity contribution in [2.24, 2.45) is 0 Å². The fourth-order valence-electron chi connectivity index (χ4n) is 3.33. The van der Waals surface area contributed by atoms with Crippen molar-refractivity contribution in [1.82, 2.24) is 10.3 Å². The van der Waals surface area contributed by atoms with Crippen LogP contribution in [0.1, 0.15) is 12.5 Å². The smallest absolute Gasteiger partial charge is 0.407 e. The molecule has 0 unspecified atom stereocenters. The molecule has 2 aliphatic heterocycles. The maximum Gasteiger partial charge on any atom is 0.407 e. The summed E-state index contributed by atoms with van der Waals surface area (Å²) in [4.78, 5) is 17.9. The number of ether oxygens (including phenoxy) is 2. The van der Waals surface area contributed by atoms with Gasteiger partial charge in [-0.05, 0) is 30.5 Å². The molecule has 1 N–H and O–H groups in total. The van der Waals surface area contributed by atoms with E-state index in [2.05, 4.69) is 21.3 Å². The summed E-state index contributed by atoms with van der Waals surface area (Å²) < 4.78 is 10.9. The quantitative estimate of drug-likeness (QED) is 0.926. The molecular formula is C17H16N4O3. The van der Waals surface area contributed by atoms with Crippen molar-refractivity contribution in [3.63, 3.8) is 0 Å². The fourth-order valence-corrected chi connectivity index (χ4v) is 3.33.